The summed E-state index contributed by atoms with van der Waals surface area (Å²) in [6.07, 6.45) is -0.242. The van der Waals surface area contributed by atoms with Gasteiger partial charge in [-0.25, -0.2) is 0 Å². The highest BCUT2D eigenvalue weighted by molar-refractivity contribution is 6.01. The minimum atomic E-state index is -1.00. The van der Waals surface area contributed by atoms with Crippen LogP contribution >= 0.6 is 0 Å². The van der Waals surface area contributed by atoms with Crippen molar-refractivity contribution >= 4 is 11.8 Å². The Balaban J connectivity index is 2.80. The number of carbonyl (C=O) groups is 2. The van der Waals surface area contributed by atoms with Crippen LogP contribution < -0.4 is 5.32 Å². The van der Waals surface area contributed by atoms with Crippen molar-refractivity contribution in [3.63, 3.8) is 0 Å². The third-order valence-corrected chi connectivity index (χ3v) is 3.25. The number of ether oxygens (including phenoxy) is 1. The van der Waals surface area contributed by atoms with E-state index >= 15 is 0 Å². The molecular formula is C16H23NO4. The Bertz CT molecular complexity index is 468. The van der Waals surface area contributed by atoms with Gasteiger partial charge in [0.25, 0.3) is 0 Å². The summed E-state index contributed by atoms with van der Waals surface area (Å²) < 4.78 is 4.90. The summed E-state index contributed by atoms with van der Waals surface area (Å²) in [4.78, 5) is 23.3. The van der Waals surface area contributed by atoms with Gasteiger partial charge in [0, 0.05) is 19.2 Å². The molecule has 1 aromatic rings. The van der Waals surface area contributed by atoms with E-state index < -0.39 is 12.0 Å². The van der Waals surface area contributed by atoms with Gasteiger partial charge in [0.1, 0.15) is 0 Å². The van der Waals surface area contributed by atoms with Gasteiger partial charge < -0.3 is 15.2 Å². The Kier molecular flexibility index (Phi) is 7.05. The van der Waals surface area contributed by atoms with Crippen molar-refractivity contribution in [1.29, 1.82) is 0 Å². The first-order valence-electron chi connectivity index (χ1n) is 7.04. The van der Waals surface area contributed by atoms with Gasteiger partial charge in [-0.2, -0.15) is 0 Å². The quantitative estimate of drug-likeness (QED) is 0.538. The lowest BCUT2D eigenvalue weighted by Gasteiger charge is -2.16. The fourth-order valence-electron chi connectivity index (χ4n) is 2.00. The number of hydrogen-bond donors (Lipinski definition) is 2. The van der Waals surface area contributed by atoms with Crippen LogP contribution in [0.4, 0.5) is 0 Å². The molecule has 1 aromatic carbocycles. The molecule has 5 heteroatoms. The molecule has 0 aliphatic heterocycles. The fraction of sp³-hybridized carbons (Fsp3) is 0.500. The smallest absolute Gasteiger partial charge is 0.305 e. The molecule has 0 bridgehead atoms. The van der Waals surface area contributed by atoms with Gasteiger partial charge >= 0.3 is 5.97 Å². The molecule has 0 heterocycles. The molecule has 0 radical (unpaired) electrons. The van der Waals surface area contributed by atoms with Gasteiger partial charge in [-0.1, -0.05) is 38.1 Å². The van der Waals surface area contributed by atoms with E-state index in [2.05, 4.69) is 19.2 Å². The molecule has 2 N–H and O–H groups in total. The van der Waals surface area contributed by atoms with Crippen LogP contribution in [0.2, 0.25) is 0 Å². The second kappa shape index (κ2) is 8.54. The normalized spacial score (nSPS) is 12.4. The number of carboxylic acids is 1. The summed E-state index contributed by atoms with van der Waals surface area (Å²) in [6.45, 7) is 5.02. The van der Waals surface area contributed by atoms with Crippen molar-refractivity contribution in [2.75, 3.05) is 20.3 Å². The Hall–Kier alpha value is -1.72. The van der Waals surface area contributed by atoms with E-state index in [-0.39, 0.29) is 12.2 Å². The van der Waals surface area contributed by atoms with Crippen LogP contribution in [0.5, 0.6) is 0 Å². The average Bonchev–Trinajstić information content (AvgIpc) is 2.45. The summed E-state index contributed by atoms with van der Waals surface area (Å²) in [7, 11) is 1.56. The summed E-state index contributed by atoms with van der Waals surface area (Å²) in [6, 6.07) is 6.59. The Labute approximate surface area is 125 Å². The average molecular weight is 293 g/mol. The highest BCUT2D eigenvalue weighted by Crippen LogP contribution is 2.16. The highest BCUT2D eigenvalue weighted by Gasteiger charge is 2.22. The van der Waals surface area contributed by atoms with Crippen LogP contribution in [0.25, 0.3) is 0 Å². The molecule has 0 aromatic heterocycles. The van der Waals surface area contributed by atoms with E-state index in [1.54, 1.807) is 19.2 Å². The summed E-state index contributed by atoms with van der Waals surface area (Å²) in [5.41, 5.74) is 1.67. The lowest BCUT2D eigenvalue weighted by Crippen LogP contribution is -2.40. The van der Waals surface area contributed by atoms with Crippen molar-refractivity contribution < 1.29 is 19.4 Å². The summed E-state index contributed by atoms with van der Waals surface area (Å²) >= 11 is 0. The number of nitrogens with one attached hydrogen (secondary N) is 1. The van der Waals surface area contributed by atoms with Crippen LogP contribution in [0, 0.1) is 0 Å². The van der Waals surface area contributed by atoms with E-state index in [0.717, 1.165) is 5.56 Å². The van der Waals surface area contributed by atoms with Crippen molar-refractivity contribution in [2.24, 2.45) is 0 Å². The molecule has 0 saturated carbocycles. The Morgan fingerprint density at radius 1 is 1.24 bits per heavy atom. The summed E-state index contributed by atoms with van der Waals surface area (Å²) in [5, 5.41) is 11.9. The number of carbonyl (C=O) groups excluding carboxylic acids is 1. The maximum Gasteiger partial charge on any atom is 0.305 e. The largest absolute Gasteiger partial charge is 0.481 e. The topological polar surface area (TPSA) is 75.6 Å². The fourth-order valence-corrected chi connectivity index (χ4v) is 2.00. The molecule has 1 unspecified atom stereocenters. The number of ketones is 1. The number of benzene rings is 1. The number of hydrogen-bond acceptors (Lipinski definition) is 4. The molecule has 0 aliphatic rings. The standard InChI is InChI=1S/C16H23NO4/c1-11(2)12-4-6-13(7-5-12)16(20)14(10-15(18)19)17-8-9-21-3/h4-7,11,14,17H,8-10H2,1-3H3,(H,18,19). The SMILES string of the molecule is COCCNC(CC(=O)O)C(=O)c1ccc(C(C)C)cc1. The first-order valence-corrected chi connectivity index (χ1v) is 7.04. The zero-order valence-corrected chi connectivity index (χ0v) is 12.8. The van der Waals surface area contributed by atoms with Crippen molar-refractivity contribution in [2.45, 2.75) is 32.2 Å². The molecule has 21 heavy (non-hydrogen) atoms. The van der Waals surface area contributed by atoms with Crippen molar-refractivity contribution in [3.8, 4) is 0 Å². The molecule has 0 saturated heterocycles. The van der Waals surface area contributed by atoms with E-state index in [0.29, 0.717) is 24.6 Å². The lowest BCUT2D eigenvalue weighted by molar-refractivity contribution is -0.137. The van der Waals surface area contributed by atoms with Crippen LogP contribution in [0.1, 0.15) is 42.1 Å². The number of aliphatic carboxylic acids is 1. The van der Waals surface area contributed by atoms with Gasteiger partial charge in [-0.05, 0) is 11.5 Å². The zero-order valence-electron chi connectivity index (χ0n) is 12.8. The zero-order chi connectivity index (χ0) is 15.8. The predicted molar refractivity (Wildman–Crippen MR) is 80.8 cm³/mol. The molecule has 5 nitrogen and oxygen atoms in total. The molecular weight excluding hydrogens is 270 g/mol. The number of rotatable bonds is 9. The minimum absolute atomic E-state index is 0.205. The first kappa shape index (κ1) is 17.3. The van der Waals surface area contributed by atoms with Gasteiger partial charge in [0.05, 0.1) is 19.1 Å². The molecule has 0 spiro atoms. The van der Waals surface area contributed by atoms with Gasteiger partial charge in [0.15, 0.2) is 5.78 Å². The Morgan fingerprint density at radius 3 is 2.33 bits per heavy atom. The van der Waals surface area contributed by atoms with E-state index in [1.807, 2.05) is 12.1 Å². The van der Waals surface area contributed by atoms with Crippen LogP contribution in [0.3, 0.4) is 0 Å². The van der Waals surface area contributed by atoms with Gasteiger partial charge in [0.2, 0.25) is 0 Å². The number of methoxy groups -OCH3 is 1. The Morgan fingerprint density at radius 2 is 1.86 bits per heavy atom. The van der Waals surface area contributed by atoms with E-state index in [9.17, 15) is 9.59 Å². The predicted octanol–water partition coefficient (Wildman–Crippen LogP) is 2.07. The second-order valence-corrected chi connectivity index (χ2v) is 5.24. The summed E-state index contributed by atoms with van der Waals surface area (Å²) in [5.74, 6) is -0.815. The van der Waals surface area contributed by atoms with Crippen LogP contribution in [-0.4, -0.2) is 43.2 Å². The van der Waals surface area contributed by atoms with Crippen molar-refractivity contribution in [3.05, 3.63) is 35.4 Å². The lowest BCUT2D eigenvalue weighted by atomic mass is 9.97. The number of carboxylic acid groups (broad SMARTS) is 1. The molecule has 0 amide bonds. The molecule has 1 rings (SSSR count). The van der Waals surface area contributed by atoms with Crippen molar-refractivity contribution in [1.82, 2.24) is 5.32 Å². The van der Waals surface area contributed by atoms with Gasteiger partial charge in [-0.15, -0.1) is 0 Å². The number of Topliss-reactive ketones (excluding diaryl/α,β-unsaturated/α-hetero) is 1. The monoisotopic (exact) mass is 293 g/mol. The maximum atomic E-state index is 12.4. The van der Waals surface area contributed by atoms with Gasteiger partial charge in [-0.3, -0.25) is 9.59 Å². The third-order valence-electron chi connectivity index (χ3n) is 3.25. The van der Waals surface area contributed by atoms with E-state index in [4.69, 9.17) is 9.84 Å². The maximum absolute atomic E-state index is 12.4. The highest BCUT2D eigenvalue weighted by atomic mass is 16.5. The second-order valence-electron chi connectivity index (χ2n) is 5.24. The molecule has 116 valence electrons. The molecule has 1 atom stereocenters. The van der Waals surface area contributed by atoms with Crippen LogP contribution in [-0.2, 0) is 9.53 Å². The molecule has 0 aliphatic carbocycles. The minimum Gasteiger partial charge on any atom is -0.481 e. The van der Waals surface area contributed by atoms with Crippen LogP contribution in [0.15, 0.2) is 24.3 Å². The van der Waals surface area contributed by atoms with E-state index in [1.165, 1.54) is 0 Å². The third kappa shape index (κ3) is 5.65. The first-order chi connectivity index (χ1) is 9.95. The molecule has 0 fully saturated rings.